The summed E-state index contributed by atoms with van der Waals surface area (Å²) in [5, 5.41) is 2.51. The number of benzene rings is 1. The maximum Gasteiger partial charge on any atom is 0.332 e. The zero-order chi connectivity index (χ0) is 18.8. The Morgan fingerprint density at radius 3 is 2.38 bits per heavy atom. The van der Waals surface area contributed by atoms with Gasteiger partial charge in [-0.2, -0.15) is 0 Å². The van der Waals surface area contributed by atoms with Crippen LogP contribution in [-0.4, -0.2) is 15.4 Å². The van der Waals surface area contributed by atoms with Gasteiger partial charge in [0.15, 0.2) is 6.29 Å². The fourth-order valence-electron chi connectivity index (χ4n) is 2.76. The standard InChI is InChI=1S/C18H16ClN3O3S/c1-20-16(15(11-23)17(24)21(2)18(20)25)22(10-14-4-3-9-26-14)13-7-5-12(19)6-8-13/h3-9,11H,10H2,1-2H3. The molecule has 0 fully saturated rings. The van der Waals surface area contributed by atoms with Crippen molar-refractivity contribution >= 4 is 40.7 Å². The van der Waals surface area contributed by atoms with Gasteiger partial charge in [0.25, 0.3) is 5.56 Å². The smallest absolute Gasteiger partial charge is 0.322 e. The Hall–Kier alpha value is -2.64. The molecular formula is C18H16ClN3O3S. The molecule has 0 amide bonds. The van der Waals surface area contributed by atoms with Crippen LogP contribution in [0.1, 0.15) is 15.2 Å². The maximum atomic E-state index is 12.5. The van der Waals surface area contributed by atoms with Gasteiger partial charge >= 0.3 is 5.69 Å². The second-order valence-corrected chi connectivity index (χ2v) is 7.17. The van der Waals surface area contributed by atoms with Crippen molar-refractivity contribution in [1.29, 1.82) is 0 Å². The van der Waals surface area contributed by atoms with Crippen molar-refractivity contribution in [2.75, 3.05) is 4.90 Å². The van der Waals surface area contributed by atoms with Gasteiger partial charge in [0.05, 0.1) is 6.54 Å². The number of carbonyl (C=O) groups excluding carboxylic acids is 1. The molecule has 2 heterocycles. The third-order valence-electron chi connectivity index (χ3n) is 4.07. The molecule has 8 heteroatoms. The van der Waals surface area contributed by atoms with E-state index in [1.165, 1.54) is 11.6 Å². The van der Waals surface area contributed by atoms with Gasteiger partial charge in [-0.25, -0.2) is 4.79 Å². The lowest BCUT2D eigenvalue weighted by Gasteiger charge is -2.27. The Morgan fingerprint density at radius 1 is 1.12 bits per heavy atom. The van der Waals surface area contributed by atoms with Crippen molar-refractivity contribution in [2.24, 2.45) is 14.1 Å². The first-order valence-electron chi connectivity index (χ1n) is 7.74. The van der Waals surface area contributed by atoms with E-state index in [-0.39, 0.29) is 11.4 Å². The summed E-state index contributed by atoms with van der Waals surface area (Å²) in [5.41, 5.74) is -0.473. The number of aromatic nitrogens is 2. The maximum absolute atomic E-state index is 12.5. The lowest BCUT2D eigenvalue weighted by Crippen LogP contribution is -2.42. The van der Waals surface area contributed by atoms with Crippen molar-refractivity contribution in [3.8, 4) is 0 Å². The molecule has 3 aromatic rings. The van der Waals surface area contributed by atoms with Gasteiger partial charge in [-0.05, 0) is 35.7 Å². The van der Waals surface area contributed by atoms with E-state index in [2.05, 4.69) is 0 Å². The summed E-state index contributed by atoms with van der Waals surface area (Å²) >= 11 is 7.53. The molecule has 6 nitrogen and oxygen atoms in total. The molecule has 0 aliphatic heterocycles. The molecule has 0 saturated carbocycles. The van der Waals surface area contributed by atoms with E-state index in [4.69, 9.17) is 11.6 Å². The molecule has 0 atom stereocenters. The van der Waals surface area contributed by atoms with Gasteiger partial charge in [0.1, 0.15) is 11.4 Å². The minimum atomic E-state index is -0.622. The van der Waals surface area contributed by atoms with Gasteiger partial charge in [0.2, 0.25) is 0 Å². The number of nitrogens with zero attached hydrogens (tertiary/aromatic N) is 3. The van der Waals surface area contributed by atoms with Crippen LogP contribution < -0.4 is 16.1 Å². The normalized spacial score (nSPS) is 10.7. The van der Waals surface area contributed by atoms with Crippen LogP contribution in [0.25, 0.3) is 0 Å². The van der Waals surface area contributed by atoms with E-state index in [1.54, 1.807) is 47.5 Å². The topological polar surface area (TPSA) is 64.3 Å². The van der Waals surface area contributed by atoms with Crippen LogP contribution in [0.3, 0.4) is 0 Å². The number of thiophene rings is 1. The minimum absolute atomic E-state index is 0.0684. The predicted octanol–water partition coefficient (Wildman–Crippen LogP) is 2.95. The van der Waals surface area contributed by atoms with Crippen LogP contribution >= 0.6 is 22.9 Å². The molecule has 0 saturated heterocycles. The molecule has 0 radical (unpaired) electrons. The molecule has 0 spiro atoms. The Bertz CT molecular complexity index is 1050. The quantitative estimate of drug-likeness (QED) is 0.629. The number of hydrogen-bond acceptors (Lipinski definition) is 5. The molecular weight excluding hydrogens is 374 g/mol. The molecule has 0 N–H and O–H groups in total. The molecule has 0 aliphatic carbocycles. The Balaban J connectivity index is 2.28. The van der Waals surface area contributed by atoms with E-state index >= 15 is 0 Å². The van der Waals surface area contributed by atoms with Crippen LogP contribution in [0.2, 0.25) is 5.02 Å². The van der Waals surface area contributed by atoms with E-state index in [0.29, 0.717) is 23.5 Å². The lowest BCUT2D eigenvalue weighted by atomic mass is 10.2. The summed E-state index contributed by atoms with van der Waals surface area (Å²) in [7, 11) is 2.90. The summed E-state index contributed by atoms with van der Waals surface area (Å²) in [5.74, 6) is 0.254. The minimum Gasteiger partial charge on any atom is -0.322 e. The van der Waals surface area contributed by atoms with Gasteiger partial charge in [-0.1, -0.05) is 17.7 Å². The fraction of sp³-hybridized carbons (Fsp3) is 0.167. The van der Waals surface area contributed by atoms with Crippen molar-refractivity contribution in [3.05, 3.63) is 78.1 Å². The van der Waals surface area contributed by atoms with Gasteiger partial charge < -0.3 is 4.90 Å². The number of anilines is 2. The molecule has 0 unspecified atom stereocenters. The third kappa shape index (κ3) is 3.23. The molecule has 1 aromatic carbocycles. The zero-order valence-corrected chi connectivity index (χ0v) is 15.8. The van der Waals surface area contributed by atoms with Crippen LogP contribution in [0.15, 0.2) is 51.4 Å². The predicted molar refractivity (Wildman–Crippen MR) is 104 cm³/mol. The number of carbonyl (C=O) groups is 1. The fourth-order valence-corrected chi connectivity index (χ4v) is 3.58. The Morgan fingerprint density at radius 2 is 1.81 bits per heavy atom. The molecule has 2 aromatic heterocycles. The summed E-state index contributed by atoms with van der Waals surface area (Å²) in [6, 6.07) is 10.9. The lowest BCUT2D eigenvalue weighted by molar-refractivity contribution is 0.112. The zero-order valence-electron chi connectivity index (χ0n) is 14.2. The van der Waals surface area contributed by atoms with Gasteiger partial charge in [0, 0.05) is 29.7 Å². The first-order valence-corrected chi connectivity index (χ1v) is 9.00. The molecule has 26 heavy (non-hydrogen) atoms. The van der Waals surface area contributed by atoms with Crippen molar-refractivity contribution in [1.82, 2.24) is 9.13 Å². The molecule has 3 rings (SSSR count). The summed E-state index contributed by atoms with van der Waals surface area (Å²) < 4.78 is 2.24. The summed E-state index contributed by atoms with van der Waals surface area (Å²) in [4.78, 5) is 39.4. The van der Waals surface area contributed by atoms with Crippen molar-refractivity contribution < 1.29 is 4.79 Å². The van der Waals surface area contributed by atoms with E-state index in [1.807, 2.05) is 17.5 Å². The largest absolute Gasteiger partial charge is 0.332 e. The second kappa shape index (κ2) is 7.31. The molecule has 0 aliphatic rings. The highest BCUT2D eigenvalue weighted by molar-refractivity contribution is 7.09. The highest BCUT2D eigenvalue weighted by Gasteiger charge is 2.22. The Kier molecular flexibility index (Phi) is 5.11. The van der Waals surface area contributed by atoms with Crippen molar-refractivity contribution in [2.45, 2.75) is 6.54 Å². The SMILES string of the molecule is Cn1c(N(Cc2cccs2)c2ccc(Cl)cc2)c(C=O)c(=O)n(C)c1=O. The summed E-state index contributed by atoms with van der Waals surface area (Å²) in [6.07, 6.45) is 0.494. The van der Waals surface area contributed by atoms with Gasteiger partial charge in [-0.15, -0.1) is 11.3 Å². The monoisotopic (exact) mass is 389 g/mol. The number of halogens is 1. The average molecular weight is 390 g/mol. The van der Waals surface area contributed by atoms with Crippen LogP contribution in [0.5, 0.6) is 0 Å². The summed E-state index contributed by atoms with van der Waals surface area (Å²) in [6.45, 7) is 0.403. The van der Waals surface area contributed by atoms with Gasteiger partial charge in [-0.3, -0.25) is 18.7 Å². The number of aldehydes is 1. The highest BCUT2D eigenvalue weighted by atomic mass is 35.5. The third-order valence-corrected chi connectivity index (χ3v) is 5.19. The highest BCUT2D eigenvalue weighted by Crippen LogP contribution is 2.29. The molecule has 134 valence electrons. The van der Waals surface area contributed by atoms with E-state index in [0.717, 1.165) is 9.44 Å². The van der Waals surface area contributed by atoms with Crippen molar-refractivity contribution in [3.63, 3.8) is 0 Å². The van der Waals surface area contributed by atoms with Crippen LogP contribution in [0.4, 0.5) is 11.5 Å². The Labute approximate surface area is 158 Å². The van der Waals surface area contributed by atoms with Crippen LogP contribution in [0, 0.1) is 0 Å². The van der Waals surface area contributed by atoms with Crippen LogP contribution in [-0.2, 0) is 20.6 Å². The molecule has 0 bridgehead atoms. The van der Waals surface area contributed by atoms with E-state index in [9.17, 15) is 14.4 Å². The number of hydrogen-bond donors (Lipinski definition) is 0. The first-order chi connectivity index (χ1) is 12.4. The second-order valence-electron chi connectivity index (χ2n) is 5.70. The first kappa shape index (κ1) is 18.2. The van der Waals surface area contributed by atoms with E-state index < -0.39 is 11.2 Å². The number of rotatable bonds is 5. The average Bonchev–Trinajstić information content (AvgIpc) is 3.15.